The Balaban J connectivity index is 1.80. The molecule has 7 heteroatoms. The van der Waals surface area contributed by atoms with Crippen LogP contribution in [0, 0.1) is 0 Å². The van der Waals surface area contributed by atoms with Gasteiger partial charge < -0.3 is 24.8 Å². The molecule has 0 saturated carbocycles. The number of rotatable bonds is 10. The van der Waals surface area contributed by atoms with Crippen molar-refractivity contribution in [2.45, 2.75) is 12.8 Å². The predicted octanol–water partition coefficient (Wildman–Crippen LogP) is 4.68. The molecule has 2 N–H and O–H groups in total. The van der Waals surface area contributed by atoms with Crippen LogP contribution in [0.5, 0.6) is 23.0 Å². The van der Waals surface area contributed by atoms with Crippen molar-refractivity contribution in [2.24, 2.45) is 5.73 Å². The third kappa shape index (κ3) is 6.86. The van der Waals surface area contributed by atoms with Crippen LogP contribution in [-0.4, -0.2) is 45.0 Å². The van der Waals surface area contributed by atoms with E-state index in [0.717, 1.165) is 22.3 Å². The molecule has 35 heavy (non-hydrogen) atoms. The zero-order valence-electron chi connectivity index (χ0n) is 20.4. The number of amides is 2. The van der Waals surface area contributed by atoms with E-state index in [1.165, 1.54) is 11.0 Å². The molecule has 0 atom stereocenters. The Morgan fingerprint density at radius 3 is 1.91 bits per heavy atom. The van der Waals surface area contributed by atoms with Gasteiger partial charge in [-0.3, -0.25) is 9.59 Å². The summed E-state index contributed by atoms with van der Waals surface area (Å²) in [6, 6.07) is 18.9. The van der Waals surface area contributed by atoms with Gasteiger partial charge in [0.1, 0.15) is 23.0 Å². The van der Waals surface area contributed by atoms with Gasteiger partial charge in [-0.15, -0.1) is 0 Å². The average molecular weight is 475 g/mol. The lowest BCUT2D eigenvalue weighted by molar-refractivity contribution is -0.123. The number of likely N-dealkylation sites (N-methyl/N-ethyl adjacent to an activating group) is 1. The minimum atomic E-state index is -0.316. The molecule has 0 heterocycles. The van der Waals surface area contributed by atoms with E-state index < -0.39 is 0 Å². The van der Waals surface area contributed by atoms with Gasteiger partial charge >= 0.3 is 0 Å². The van der Waals surface area contributed by atoms with E-state index in [-0.39, 0.29) is 11.8 Å². The van der Waals surface area contributed by atoms with Crippen LogP contribution in [-0.2, 0) is 16.0 Å². The molecule has 0 radical (unpaired) electrons. The van der Waals surface area contributed by atoms with Crippen LogP contribution < -0.4 is 19.9 Å². The normalized spacial score (nSPS) is 10.7. The van der Waals surface area contributed by atoms with E-state index in [4.69, 9.17) is 19.9 Å². The van der Waals surface area contributed by atoms with Crippen molar-refractivity contribution in [3.8, 4) is 34.1 Å². The number of nitrogens with two attached hydrogens (primary N) is 1. The highest BCUT2D eigenvalue weighted by Crippen LogP contribution is 2.40. The molecule has 0 unspecified atom stereocenters. The van der Waals surface area contributed by atoms with Crippen LogP contribution in [0.2, 0.25) is 0 Å². The highest BCUT2D eigenvalue weighted by atomic mass is 16.5. The summed E-state index contributed by atoms with van der Waals surface area (Å²) in [6.07, 6.45) is 4.16. The van der Waals surface area contributed by atoms with Gasteiger partial charge in [0.2, 0.25) is 11.8 Å². The standard InChI is InChI=1S/C28H30N2O5/c1-30(2)27(32)16-8-20-17-24(33-3)28(25(18-20)34-4)21-9-13-23(14-10-21)35-22-11-5-19(6-12-22)7-15-26(29)31/h5-6,8-14,16-18H,7,15H2,1-4H3,(H2,29,31). The quantitative estimate of drug-likeness (QED) is 0.431. The van der Waals surface area contributed by atoms with E-state index >= 15 is 0 Å². The fourth-order valence-corrected chi connectivity index (χ4v) is 3.45. The smallest absolute Gasteiger partial charge is 0.246 e. The molecule has 0 aliphatic heterocycles. The second-order valence-electron chi connectivity index (χ2n) is 8.10. The number of primary amides is 1. The number of nitrogens with zero attached hydrogens (tertiary/aromatic N) is 1. The number of methoxy groups -OCH3 is 2. The monoisotopic (exact) mass is 474 g/mol. The molecule has 3 aromatic rings. The fraction of sp³-hybridized carbons (Fsp3) is 0.214. The van der Waals surface area contributed by atoms with E-state index in [1.54, 1.807) is 34.4 Å². The lowest BCUT2D eigenvalue weighted by Gasteiger charge is -2.15. The van der Waals surface area contributed by atoms with Gasteiger partial charge in [0, 0.05) is 26.6 Å². The number of benzene rings is 3. The summed E-state index contributed by atoms with van der Waals surface area (Å²) in [5.74, 6) is 2.20. The van der Waals surface area contributed by atoms with Crippen LogP contribution in [0.4, 0.5) is 0 Å². The van der Waals surface area contributed by atoms with Crippen molar-refractivity contribution in [1.29, 1.82) is 0 Å². The molecule has 182 valence electrons. The van der Waals surface area contributed by atoms with E-state index in [9.17, 15) is 9.59 Å². The Bertz CT molecular complexity index is 1170. The maximum absolute atomic E-state index is 11.9. The third-order valence-corrected chi connectivity index (χ3v) is 5.35. The van der Waals surface area contributed by atoms with Crippen molar-refractivity contribution in [1.82, 2.24) is 4.90 Å². The Morgan fingerprint density at radius 1 is 0.886 bits per heavy atom. The second-order valence-corrected chi connectivity index (χ2v) is 8.10. The number of carbonyl (C=O) groups excluding carboxylic acids is 2. The van der Waals surface area contributed by atoms with Crippen LogP contribution in [0.15, 0.2) is 66.7 Å². The van der Waals surface area contributed by atoms with E-state index in [2.05, 4.69) is 0 Å². The molecule has 0 saturated heterocycles. The maximum atomic E-state index is 11.9. The minimum Gasteiger partial charge on any atom is -0.496 e. The minimum absolute atomic E-state index is 0.108. The van der Waals surface area contributed by atoms with Crippen LogP contribution in [0.3, 0.4) is 0 Å². The first-order valence-corrected chi connectivity index (χ1v) is 11.1. The molecule has 0 aromatic heterocycles. The van der Waals surface area contributed by atoms with Crippen molar-refractivity contribution in [3.05, 3.63) is 77.9 Å². The Labute approximate surface area is 205 Å². The largest absolute Gasteiger partial charge is 0.496 e. The molecule has 2 amide bonds. The molecular formula is C28H30N2O5. The molecule has 3 rings (SSSR count). The molecule has 0 aliphatic carbocycles. The Kier molecular flexibility index (Phi) is 8.51. The number of aryl methyl sites for hydroxylation is 1. The van der Waals surface area contributed by atoms with Gasteiger partial charge in [-0.1, -0.05) is 24.3 Å². The second kappa shape index (κ2) is 11.7. The number of ether oxygens (including phenoxy) is 3. The number of hydrogen-bond donors (Lipinski definition) is 1. The molecule has 0 aliphatic rings. The number of carbonyl (C=O) groups is 2. The summed E-state index contributed by atoms with van der Waals surface area (Å²) in [5, 5.41) is 0. The summed E-state index contributed by atoms with van der Waals surface area (Å²) in [5.41, 5.74) is 8.72. The Hall–Kier alpha value is -4.26. The average Bonchev–Trinajstić information content (AvgIpc) is 2.86. The SMILES string of the molecule is COc1cc(C=CC(=O)N(C)C)cc(OC)c1-c1ccc(Oc2ccc(CCC(N)=O)cc2)cc1. The molecular weight excluding hydrogens is 444 g/mol. The summed E-state index contributed by atoms with van der Waals surface area (Å²) in [7, 11) is 6.60. The zero-order chi connectivity index (χ0) is 25.4. The van der Waals surface area contributed by atoms with Crippen molar-refractivity contribution >= 4 is 17.9 Å². The highest BCUT2D eigenvalue weighted by Gasteiger charge is 2.15. The molecule has 7 nitrogen and oxygen atoms in total. The predicted molar refractivity (Wildman–Crippen MR) is 137 cm³/mol. The van der Waals surface area contributed by atoms with Crippen LogP contribution in [0.1, 0.15) is 17.5 Å². The maximum Gasteiger partial charge on any atom is 0.246 e. The fourth-order valence-electron chi connectivity index (χ4n) is 3.45. The summed E-state index contributed by atoms with van der Waals surface area (Å²) < 4.78 is 17.2. The van der Waals surface area contributed by atoms with E-state index in [0.29, 0.717) is 35.8 Å². The topological polar surface area (TPSA) is 91.1 Å². The Morgan fingerprint density at radius 2 is 1.43 bits per heavy atom. The van der Waals surface area contributed by atoms with Crippen LogP contribution >= 0.6 is 0 Å². The molecule has 0 bridgehead atoms. The lowest BCUT2D eigenvalue weighted by atomic mass is 10.0. The molecule has 0 fully saturated rings. The van der Waals surface area contributed by atoms with Gasteiger partial charge in [0.15, 0.2) is 0 Å². The molecule has 0 spiro atoms. The first-order valence-electron chi connectivity index (χ1n) is 11.1. The van der Waals surface area contributed by atoms with Crippen molar-refractivity contribution < 1.29 is 23.8 Å². The van der Waals surface area contributed by atoms with Gasteiger partial charge in [0.05, 0.1) is 19.8 Å². The highest BCUT2D eigenvalue weighted by molar-refractivity contribution is 5.92. The summed E-state index contributed by atoms with van der Waals surface area (Å²) >= 11 is 0. The zero-order valence-corrected chi connectivity index (χ0v) is 20.4. The number of hydrogen-bond acceptors (Lipinski definition) is 5. The third-order valence-electron chi connectivity index (χ3n) is 5.35. The first kappa shape index (κ1) is 25.4. The lowest BCUT2D eigenvalue weighted by Crippen LogP contribution is -2.18. The van der Waals surface area contributed by atoms with Gasteiger partial charge in [0.25, 0.3) is 0 Å². The van der Waals surface area contributed by atoms with E-state index in [1.807, 2.05) is 60.7 Å². The van der Waals surface area contributed by atoms with Gasteiger partial charge in [-0.25, -0.2) is 0 Å². The summed E-state index contributed by atoms with van der Waals surface area (Å²) in [4.78, 5) is 24.3. The van der Waals surface area contributed by atoms with Crippen molar-refractivity contribution in [2.75, 3.05) is 28.3 Å². The van der Waals surface area contributed by atoms with Crippen LogP contribution in [0.25, 0.3) is 17.2 Å². The van der Waals surface area contributed by atoms with Gasteiger partial charge in [-0.05, 0) is 65.6 Å². The molecule has 3 aromatic carbocycles. The van der Waals surface area contributed by atoms with Crippen molar-refractivity contribution in [3.63, 3.8) is 0 Å². The summed E-state index contributed by atoms with van der Waals surface area (Å²) in [6.45, 7) is 0. The first-order chi connectivity index (χ1) is 16.8. The van der Waals surface area contributed by atoms with Gasteiger partial charge in [-0.2, -0.15) is 0 Å².